The smallest absolute Gasteiger partial charge is 0.244 e. The van der Waals surface area contributed by atoms with Crippen molar-refractivity contribution < 1.29 is 17.5 Å². The summed E-state index contributed by atoms with van der Waals surface area (Å²) in [7, 11) is -3.75. The van der Waals surface area contributed by atoms with Crippen LogP contribution in [0.15, 0.2) is 35.4 Å². The second-order valence-electron chi connectivity index (χ2n) is 7.34. The van der Waals surface area contributed by atoms with Gasteiger partial charge in [-0.15, -0.1) is 0 Å². The first-order valence-corrected chi connectivity index (χ1v) is 10.5. The molecule has 146 valence electrons. The predicted octanol–water partition coefficient (Wildman–Crippen LogP) is 1.49. The summed E-state index contributed by atoms with van der Waals surface area (Å²) in [6, 6.07) is 5.52. The number of nitrogens with two attached hydrogens (primary N) is 1. The van der Waals surface area contributed by atoms with E-state index in [4.69, 9.17) is 10.5 Å². The largest absolute Gasteiger partial charge is 0.381 e. The zero-order valence-corrected chi connectivity index (χ0v) is 15.9. The van der Waals surface area contributed by atoms with Crippen LogP contribution in [-0.4, -0.2) is 43.5 Å². The first-order valence-electron chi connectivity index (χ1n) is 9.00. The monoisotopic (exact) mass is 394 g/mol. The number of aromatic nitrogens is 2. The lowest BCUT2D eigenvalue weighted by Gasteiger charge is -2.56. The average Bonchev–Trinajstić information content (AvgIpc) is 3.05. The third-order valence-corrected chi connectivity index (χ3v) is 7.54. The number of halogens is 1. The molecule has 2 atom stereocenters. The van der Waals surface area contributed by atoms with Gasteiger partial charge in [0, 0.05) is 30.7 Å². The lowest BCUT2D eigenvalue weighted by Crippen LogP contribution is -2.68. The molecule has 3 N–H and O–H groups in total. The highest BCUT2D eigenvalue weighted by Crippen LogP contribution is 2.48. The van der Waals surface area contributed by atoms with Crippen LogP contribution in [0.4, 0.5) is 4.39 Å². The molecule has 0 radical (unpaired) electrons. The molecule has 2 aromatic rings. The number of benzene rings is 1. The van der Waals surface area contributed by atoms with Crippen molar-refractivity contribution in [3.63, 3.8) is 0 Å². The SMILES string of the molecule is Cc1c(S(=O)(=O)NC2CC(N)C23CCOCC3)cnn1-c1ccc(F)cc1. The summed E-state index contributed by atoms with van der Waals surface area (Å²) in [5.41, 5.74) is 7.06. The Hall–Kier alpha value is -1.81. The number of rotatable bonds is 4. The highest BCUT2D eigenvalue weighted by atomic mass is 32.2. The third kappa shape index (κ3) is 3.08. The average molecular weight is 394 g/mol. The number of hydrogen-bond donors (Lipinski definition) is 2. The molecule has 1 aromatic carbocycles. The summed E-state index contributed by atoms with van der Waals surface area (Å²) in [5.74, 6) is -0.360. The Balaban J connectivity index is 1.59. The van der Waals surface area contributed by atoms with E-state index in [1.54, 1.807) is 19.1 Å². The molecule has 27 heavy (non-hydrogen) atoms. The minimum absolute atomic E-state index is 0.0165. The third-order valence-electron chi connectivity index (χ3n) is 5.97. The van der Waals surface area contributed by atoms with Gasteiger partial charge >= 0.3 is 0 Å². The number of sulfonamides is 1. The van der Waals surface area contributed by atoms with Crippen LogP contribution in [0.3, 0.4) is 0 Å². The van der Waals surface area contributed by atoms with Crippen molar-refractivity contribution in [3.05, 3.63) is 42.0 Å². The van der Waals surface area contributed by atoms with Gasteiger partial charge in [0.15, 0.2) is 0 Å². The molecule has 7 nitrogen and oxygen atoms in total. The number of ether oxygens (including phenoxy) is 1. The first-order chi connectivity index (χ1) is 12.8. The maximum atomic E-state index is 13.1. The minimum Gasteiger partial charge on any atom is -0.381 e. The summed E-state index contributed by atoms with van der Waals surface area (Å²) >= 11 is 0. The van der Waals surface area contributed by atoms with Crippen molar-refractivity contribution >= 4 is 10.0 Å². The Labute approximate surface area is 157 Å². The topological polar surface area (TPSA) is 99.2 Å². The molecular formula is C18H23FN4O3S. The fraction of sp³-hybridized carbons (Fsp3) is 0.500. The van der Waals surface area contributed by atoms with Crippen molar-refractivity contribution in [2.24, 2.45) is 11.1 Å². The molecule has 1 saturated carbocycles. The zero-order valence-electron chi connectivity index (χ0n) is 15.1. The van der Waals surface area contributed by atoms with Crippen molar-refractivity contribution in [1.82, 2.24) is 14.5 Å². The van der Waals surface area contributed by atoms with Gasteiger partial charge in [0.05, 0.1) is 17.6 Å². The maximum Gasteiger partial charge on any atom is 0.244 e. The van der Waals surface area contributed by atoms with Gasteiger partial charge in [0.25, 0.3) is 0 Å². The van der Waals surface area contributed by atoms with Gasteiger partial charge in [0.2, 0.25) is 10.0 Å². The molecule has 1 saturated heterocycles. The van der Waals surface area contributed by atoms with Crippen molar-refractivity contribution in [3.8, 4) is 5.69 Å². The van der Waals surface area contributed by atoms with Crippen molar-refractivity contribution in [2.75, 3.05) is 13.2 Å². The summed E-state index contributed by atoms with van der Waals surface area (Å²) in [6.07, 6.45) is 3.46. The van der Waals surface area contributed by atoms with Crippen LogP contribution < -0.4 is 10.5 Å². The summed E-state index contributed by atoms with van der Waals surface area (Å²) in [5, 5.41) is 4.18. The lowest BCUT2D eigenvalue weighted by molar-refractivity contribution is -0.0643. The second-order valence-corrected chi connectivity index (χ2v) is 9.03. The van der Waals surface area contributed by atoms with Gasteiger partial charge in [-0.2, -0.15) is 5.10 Å². The van der Waals surface area contributed by atoms with E-state index in [1.807, 2.05) is 0 Å². The Kier molecular flexibility index (Phi) is 4.58. The van der Waals surface area contributed by atoms with Crippen LogP contribution in [0.25, 0.3) is 5.69 Å². The van der Waals surface area contributed by atoms with E-state index in [1.165, 1.54) is 23.0 Å². The van der Waals surface area contributed by atoms with E-state index in [0.29, 0.717) is 31.0 Å². The van der Waals surface area contributed by atoms with Crippen molar-refractivity contribution in [1.29, 1.82) is 0 Å². The fourth-order valence-corrected chi connectivity index (χ4v) is 5.70. The molecule has 1 spiro atoms. The van der Waals surface area contributed by atoms with Crippen LogP contribution >= 0.6 is 0 Å². The number of nitrogens with one attached hydrogen (secondary N) is 1. The van der Waals surface area contributed by atoms with Crippen LogP contribution in [0.5, 0.6) is 0 Å². The Morgan fingerprint density at radius 1 is 1.30 bits per heavy atom. The van der Waals surface area contributed by atoms with Gasteiger partial charge in [0.1, 0.15) is 10.7 Å². The van der Waals surface area contributed by atoms with Gasteiger partial charge < -0.3 is 10.5 Å². The molecular weight excluding hydrogens is 371 g/mol. The maximum absolute atomic E-state index is 13.1. The number of nitrogens with zero attached hydrogens (tertiary/aromatic N) is 2. The van der Waals surface area contributed by atoms with Crippen molar-refractivity contribution in [2.45, 2.75) is 43.2 Å². The second kappa shape index (κ2) is 6.66. The van der Waals surface area contributed by atoms with Gasteiger partial charge in [-0.1, -0.05) is 0 Å². The lowest BCUT2D eigenvalue weighted by atomic mass is 9.57. The van der Waals surface area contributed by atoms with Gasteiger partial charge in [-0.05, 0) is 50.5 Å². The standard InChI is InChI=1S/C18H23FN4O3S/c1-12-15(11-21-23(12)14-4-2-13(19)3-5-14)27(24,25)22-17-10-16(20)18(17)6-8-26-9-7-18/h2-5,11,16-17,22H,6-10,20H2,1H3. The predicted molar refractivity (Wildman–Crippen MR) is 97.4 cm³/mol. The van der Waals surface area contributed by atoms with Gasteiger partial charge in [-0.3, -0.25) is 0 Å². The molecule has 1 aromatic heterocycles. The Morgan fingerprint density at radius 2 is 1.96 bits per heavy atom. The summed E-state index contributed by atoms with van der Waals surface area (Å²) < 4.78 is 48.9. The zero-order chi connectivity index (χ0) is 19.2. The van der Waals surface area contributed by atoms with Crippen LogP contribution in [0.1, 0.15) is 25.0 Å². The molecule has 2 heterocycles. The Morgan fingerprint density at radius 3 is 2.59 bits per heavy atom. The molecule has 1 aliphatic carbocycles. The number of hydrogen-bond acceptors (Lipinski definition) is 5. The molecule has 0 amide bonds. The highest BCUT2D eigenvalue weighted by molar-refractivity contribution is 7.89. The molecule has 0 bridgehead atoms. The molecule has 2 unspecified atom stereocenters. The quantitative estimate of drug-likeness (QED) is 0.819. The molecule has 9 heteroatoms. The molecule has 4 rings (SSSR count). The molecule has 2 fully saturated rings. The van der Waals surface area contributed by atoms with E-state index in [2.05, 4.69) is 9.82 Å². The summed E-state index contributed by atoms with van der Waals surface area (Å²) in [4.78, 5) is 0.120. The normalized spacial score (nSPS) is 24.7. The highest BCUT2D eigenvalue weighted by Gasteiger charge is 2.55. The van der Waals surface area contributed by atoms with Crippen LogP contribution in [0.2, 0.25) is 0 Å². The summed E-state index contributed by atoms with van der Waals surface area (Å²) in [6.45, 7) is 2.89. The van der Waals surface area contributed by atoms with E-state index in [9.17, 15) is 12.8 Å². The van der Waals surface area contributed by atoms with E-state index in [-0.39, 0.29) is 28.2 Å². The minimum atomic E-state index is -3.75. The molecule has 1 aliphatic heterocycles. The van der Waals surface area contributed by atoms with Crippen LogP contribution in [0, 0.1) is 18.2 Å². The Bertz CT molecular complexity index is 936. The molecule has 2 aliphatic rings. The van der Waals surface area contributed by atoms with E-state index >= 15 is 0 Å². The van der Waals surface area contributed by atoms with Crippen LogP contribution in [-0.2, 0) is 14.8 Å². The fourth-order valence-electron chi connectivity index (χ4n) is 4.21. The van der Waals surface area contributed by atoms with E-state index in [0.717, 1.165) is 12.8 Å². The van der Waals surface area contributed by atoms with Gasteiger partial charge in [-0.25, -0.2) is 22.2 Å². The first kappa shape index (κ1) is 18.5. The van der Waals surface area contributed by atoms with E-state index < -0.39 is 10.0 Å².